The Hall–Kier alpha value is -0.130. The van der Waals surface area contributed by atoms with Crippen LogP contribution in [-0.4, -0.2) is 44.2 Å². The van der Waals surface area contributed by atoms with E-state index < -0.39 is 10.0 Å². The Balaban J connectivity index is 4.71. The van der Waals surface area contributed by atoms with Gasteiger partial charge in [-0.2, -0.15) is 4.31 Å². The summed E-state index contributed by atoms with van der Waals surface area (Å²) in [5, 5.41) is 3.17. The molecule has 0 fully saturated rings. The number of nitrogens with zero attached hydrogens (tertiary/aromatic N) is 1. The van der Waals surface area contributed by atoms with E-state index in [4.69, 9.17) is 0 Å². The monoisotopic (exact) mass is 292 g/mol. The molecule has 0 amide bonds. The summed E-state index contributed by atoms with van der Waals surface area (Å²) in [6.07, 6.45) is 2.45. The maximum Gasteiger partial charge on any atom is 0.214 e. The normalized spacial score (nSPS) is 12.8. The van der Waals surface area contributed by atoms with E-state index in [0.717, 1.165) is 25.9 Å². The quantitative estimate of drug-likeness (QED) is 0.595. The lowest BCUT2D eigenvalue weighted by Crippen LogP contribution is -2.43. The summed E-state index contributed by atoms with van der Waals surface area (Å²) in [6.45, 7) is 12.6. The minimum Gasteiger partial charge on any atom is -0.317 e. The van der Waals surface area contributed by atoms with Gasteiger partial charge in [-0.3, -0.25) is 0 Å². The van der Waals surface area contributed by atoms with Crippen LogP contribution in [0.4, 0.5) is 0 Å². The van der Waals surface area contributed by atoms with Crippen LogP contribution in [0.5, 0.6) is 0 Å². The van der Waals surface area contributed by atoms with Crippen molar-refractivity contribution in [1.29, 1.82) is 0 Å². The van der Waals surface area contributed by atoms with Crippen molar-refractivity contribution < 1.29 is 8.42 Å². The molecule has 4 nitrogen and oxygen atoms in total. The topological polar surface area (TPSA) is 49.4 Å². The average molecular weight is 292 g/mol. The average Bonchev–Trinajstić information content (AvgIpc) is 2.34. The van der Waals surface area contributed by atoms with E-state index in [1.54, 1.807) is 4.31 Å². The standard InChI is InChI=1S/C14H32N2O2S/c1-6-14(7-2)16(12-13(4)5)19(17,18)11-9-10-15-8-3/h13-15H,6-12H2,1-5H3. The summed E-state index contributed by atoms with van der Waals surface area (Å²) in [7, 11) is -3.13. The zero-order valence-corrected chi connectivity index (χ0v) is 14.1. The summed E-state index contributed by atoms with van der Waals surface area (Å²) in [4.78, 5) is 0. The smallest absolute Gasteiger partial charge is 0.214 e. The molecule has 19 heavy (non-hydrogen) atoms. The first-order valence-electron chi connectivity index (χ1n) is 7.59. The van der Waals surface area contributed by atoms with Crippen LogP contribution >= 0.6 is 0 Å². The summed E-state index contributed by atoms with van der Waals surface area (Å²) < 4.78 is 26.7. The molecule has 0 aromatic heterocycles. The largest absolute Gasteiger partial charge is 0.317 e. The lowest BCUT2D eigenvalue weighted by molar-refractivity contribution is 0.276. The van der Waals surface area contributed by atoms with Crippen LogP contribution in [-0.2, 0) is 10.0 Å². The van der Waals surface area contributed by atoms with Crippen LogP contribution in [0, 0.1) is 5.92 Å². The molecular formula is C14H32N2O2S. The van der Waals surface area contributed by atoms with Gasteiger partial charge < -0.3 is 5.32 Å². The minimum atomic E-state index is -3.13. The second kappa shape index (κ2) is 9.72. The van der Waals surface area contributed by atoms with Crippen LogP contribution in [0.15, 0.2) is 0 Å². The fourth-order valence-electron chi connectivity index (χ4n) is 2.22. The highest BCUT2D eigenvalue weighted by molar-refractivity contribution is 7.89. The number of nitrogens with one attached hydrogen (secondary N) is 1. The maximum absolute atomic E-state index is 12.5. The predicted molar refractivity (Wildman–Crippen MR) is 82.9 cm³/mol. The van der Waals surface area contributed by atoms with Crippen molar-refractivity contribution in [2.75, 3.05) is 25.4 Å². The van der Waals surface area contributed by atoms with Crippen molar-refractivity contribution in [3.05, 3.63) is 0 Å². The van der Waals surface area contributed by atoms with Crippen molar-refractivity contribution in [1.82, 2.24) is 9.62 Å². The van der Waals surface area contributed by atoms with E-state index in [-0.39, 0.29) is 11.8 Å². The molecular weight excluding hydrogens is 260 g/mol. The van der Waals surface area contributed by atoms with Crippen molar-refractivity contribution >= 4 is 10.0 Å². The Labute approximate surface area is 120 Å². The highest BCUT2D eigenvalue weighted by Crippen LogP contribution is 2.17. The molecule has 0 bridgehead atoms. The summed E-state index contributed by atoms with van der Waals surface area (Å²) >= 11 is 0. The Morgan fingerprint density at radius 2 is 1.68 bits per heavy atom. The van der Waals surface area contributed by atoms with Gasteiger partial charge in [0.15, 0.2) is 0 Å². The molecule has 0 radical (unpaired) electrons. The Morgan fingerprint density at radius 1 is 1.11 bits per heavy atom. The molecule has 0 rings (SSSR count). The molecule has 0 saturated heterocycles. The molecule has 0 saturated carbocycles. The fourth-order valence-corrected chi connectivity index (χ4v) is 4.24. The third kappa shape index (κ3) is 7.28. The molecule has 0 unspecified atom stereocenters. The molecule has 5 heteroatoms. The SMILES string of the molecule is CCNCCCS(=O)(=O)N(CC(C)C)C(CC)CC. The number of sulfonamides is 1. The second-order valence-electron chi connectivity index (χ2n) is 5.46. The zero-order chi connectivity index (χ0) is 14.9. The van der Waals surface area contributed by atoms with Crippen molar-refractivity contribution in [3.8, 4) is 0 Å². The van der Waals surface area contributed by atoms with E-state index in [9.17, 15) is 8.42 Å². The second-order valence-corrected chi connectivity index (χ2v) is 7.50. The molecule has 116 valence electrons. The van der Waals surface area contributed by atoms with Gasteiger partial charge in [-0.05, 0) is 38.3 Å². The Bertz CT molecular complexity index is 311. The molecule has 0 spiro atoms. The molecule has 0 aromatic rings. The highest BCUT2D eigenvalue weighted by atomic mass is 32.2. The third-order valence-corrected chi connectivity index (χ3v) is 5.22. The lowest BCUT2D eigenvalue weighted by atomic mass is 10.1. The maximum atomic E-state index is 12.5. The molecule has 0 atom stereocenters. The van der Waals surface area contributed by atoms with Crippen molar-refractivity contribution in [2.45, 2.75) is 59.9 Å². The van der Waals surface area contributed by atoms with Gasteiger partial charge in [-0.15, -0.1) is 0 Å². The van der Waals surface area contributed by atoms with E-state index in [0.29, 0.717) is 18.9 Å². The minimum absolute atomic E-state index is 0.145. The number of hydrogen-bond donors (Lipinski definition) is 1. The third-order valence-electron chi connectivity index (χ3n) is 3.26. The molecule has 0 aromatic carbocycles. The van der Waals surface area contributed by atoms with Gasteiger partial charge >= 0.3 is 0 Å². The van der Waals surface area contributed by atoms with E-state index in [2.05, 4.69) is 33.0 Å². The van der Waals surface area contributed by atoms with Gasteiger partial charge in [0.1, 0.15) is 0 Å². The van der Waals surface area contributed by atoms with E-state index in [1.165, 1.54) is 0 Å². The van der Waals surface area contributed by atoms with Crippen LogP contribution in [0.25, 0.3) is 0 Å². The van der Waals surface area contributed by atoms with E-state index >= 15 is 0 Å². The van der Waals surface area contributed by atoms with Gasteiger partial charge in [0, 0.05) is 12.6 Å². The zero-order valence-electron chi connectivity index (χ0n) is 13.3. The van der Waals surface area contributed by atoms with Gasteiger partial charge in [0.25, 0.3) is 0 Å². The van der Waals surface area contributed by atoms with Crippen molar-refractivity contribution in [2.24, 2.45) is 5.92 Å². The summed E-state index contributed by atoms with van der Waals surface area (Å²) in [6, 6.07) is 0.145. The van der Waals surface area contributed by atoms with Gasteiger partial charge in [-0.1, -0.05) is 34.6 Å². The highest BCUT2D eigenvalue weighted by Gasteiger charge is 2.27. The first-order chi connectivity index (χ1) is 8.88. The fraction of sp³-hybridized carbons (Fsp3) is 1.00. The molecule has 0 aliphatic carbocycles. The summed E-state index contributed by atoms with van der Waals surface area (Å²) in [5.74, 6) is 0.618. The predicted octanol–water partition coefficient (Wildman–Crippen LogP) is 2.46. The first-order valence-corrected chi connectivity index (χ1v) is 9.20. The Kier molecular flexibility index (Phi) is 9.66. The van der Waals surface area contributed by atoms with Crippen LogP contribution in [0.3, 0.4) is 0 Å². The van der Waals surface area contributed by atoms with Crippen LogP contribution < -0.4 is 5.32 Å². The molecule has 0 aliphatic heterocycles. The molecule has 0 heterocycles. The molecule has 0 aliphatic rings. The van der Waals surface area contributed by atoms with Crippen LogP contribution in [0.1, 0.15) is 53.9 Å². The number of hydrogen-bond acceptors (Lipinski definition) is 3. The first kappa shape index (κ1) is 18.9. The number of rotatable bonds is 11. The molecule has 1 N–H and O–H groups in total. The van der Waals surface area contributed by atoms with E-state index in [1.807, 2.05) is 6.92 Å². The Morgan fingerprint density at radius 3 is 2.11 bits per heavy atom. The van der Waals surface area contributed by atoms with Crippen LogP contribution in [0.2, 0.25) is 0 Å². The van der Waals surface area contributed by atoms with Gasteiger partial charge in [0.05, 0.1) is 5.75 Å². The van der Waals surface area contributed by atoms with Gasteiger partial charge in [0.2, 0.25) is 10.0 Å². The van der Waals surface area contributed by atoms with Crippen molar-refractivity contribution in [3.63, 3.8) is 0 Å². The van der Waals surface area contributed by atoms with Gasteiger partial charge in [-0.25, -0.2) is 8.42 Å². The summed E-state index contributed by atoms with van der Waals surface area (Å²) in [5.41, 5.74) is 0. The lowest BCUT2D eigenvalue weighted by Gasteiger charge is -2.31.